The third-order valence-electron chi connectivity index (χ3n) is 2.79. The van der Waals surface area contributed by atoms with Crippen LogP contribution >= 0.6 is 49.6 Å². The van der Waals surface area contributed by atoms with Crippen LogP contribution in [0.25, 0.3) is 0 Å². The van der Waals surface area contributed by atoms with Crippen molar-refractivity contribution in [3.63, 3.8) is 0 Å². The number of hydrogen-bond acceptors (Lipinski definition) is 4. The number of halogens is 4. The van der Waals surface area contributed by atoms with E-state index in [1.54, 1.807) is 0 Å². The van der Waals surface area contributed by atoms with E-state index in [2.05, 4.69) is 20.9 Å². The second kappa shape index (κ2) is 13.0. The standard InChI is InChI=1S/C11H18N4.4ClH/c12-4-6-14-7-9-15(10-8-14)11-3-1-2-5-13-11;;;;/h1-3,5H,4,6-10,12H2;4*1H. The molecule has 1 aromatic rings. The van der Waals surface area contributed by atoms with Crippen molar-refractivity contribution in [3.05, 3.63) is 24.4 Å². The molecule has 19 heavy (non-hydrogen) atoms. The van der Waals surface area contributed by atoms with Crippen LogP contribution in [-0.4, -0.2) is 49.2 Å². The lowest BCUT2D eigenvalue weighted by Crippen LogP contribution is -2.48. The van der Waals surface area contributed by atoms with Crippen molar-refractivity contribution < 1.29 is 0 Å². The second-order valence-corrected chi connectivity index (χ2v) is 3.81. The number of nitrogens with two attached hydrogens (primary N) is 1. The molecule has 1 fully saturated rings. The van der Waals surface area contributed by atoms with E-state index in [1.807, 2.05) is 18.3 Å². The first-order valence-corrected chi connectivity index (χ1v) is 5.48. The Morgan fingerprint density at radius 2 is 1.63 bits per heavy atom. The van der Waals surface area contributed by atoms with Gasteiger partial charge >= 0.3 is 0 Å². The summed E-state index contributed by atoms with van der Waals surface area (Å²) < 4.78 is 0. The van der Waals surface area contributed by atoms with Crippen molar-refractivity contribution in [1.82, 2.24) is 9.88 Å². The van der Waals surface area contributed by atoms with Gasteiger partial charge in [-0.3, -0.25) is 4.90 Å². The Morgan fingerprint density at radius 3 is 2.11 bits per heavy atom. The molecule has 2 N–H and O–H groups in total. The molecule has 1 saturated heterocycles. The molecule has 1 aliphatic heterocycles. The van der Waals surface area contributed by atoms with E-state index in [-0.39, 0.29) is 49.6 Å². The molecule has 0 bridgehead atoms. The quantitative estimate of drug-likeness (QED) is 0.902. The molecule has 0 saturated carbocycles. The average molecular weight is 352 g/mol. The fourth-order valence-corrected chi connectivity index (χ4v) is 1.92. The molecule has 4 nitrogen and oxygen atoms in total. The van der Waals surface area contributed by atoms with Crippen LogP contribution in [0.3, 0.4) is 0 Å². The molecule has 0 atom stereocenters. The van der Waals surface area contributed by atoms with Gasteiger partial charge in [0.2, 0.25) is 0 Å². The van der Waals surface area contributed by atoms with E-state index < -0.39 is 0 Å². The summed E-state index contributed by atoms with van der Waals surface area (Å²) in [5, 5.41) is 0. The van der Waals surface area contributed by atoms with Gasteiger partial charge < -0.3 is 10.6 Å². The molecule has 8 heteroatoms. The summed E-state index contributed by atoms with van der Waals surface area (Å²) in [5.74, 6) is 1.09. The first-order chi connectivity index (χ1) is 7.40. The van der Waals surface area contributed by atoms with Gasteiger partial charge in [-0.1, -0.05) is 6.07 Å². The fraction of sp³-hybridized carbons (Fsp3) is 0.545. The molecule has 0 aromatic carbocycles. The highest BCUT2D eigenvalue weighted by atomic mass is 35.5. The SMILES string of the molecule is Cl.Cl.Cl.Cl.NCCN1CCN(c2ccccn2)CC1. The monoisotopic (exact) mass is 350 g/mol. The Morgan fingerprint density at radius 1 is 1.00 bits per heavy atom. The van der Waals surface area contributed by atoms with E-state index >= 15 is 0 Å². The second-order valence-electron chi connectivity index (χ2n) is 3.81. The van der Waals surface area contributed by atoms with Gasteiger partial charge in [0.15, 0.2) is 0 Å². The van der Waals surface area contributed by atoms with Crippen molar-refractivity contribution in [2.75, 3.05) is 44.2 Å². The maximum atomic E-state index is 5.54. The number of aromatic nitrogens is 1. The zero-order valence-electron chi connectivity index (χ0n) is 10.6. The van der Waals surface area contributed by atoms with Gasteiger partial charge in [0.25, 0.3) is 0 Å². The highest BCUT2D eigenvalue weighted by Gasteiger charge is 2.16. The summed E-state index contributed by atoms with van der Waals surface area (Å²) in [6, 6.07) is 6.06. The van der Waals surface area contributed by atoms with Crippen LogP contribution in [0.1, 0.15) is 0 Å². The topological polar surface area (TPSA) is 45.4 Å². The molecule has 1 aliphatic rings. The van der Waals surface area contributed by atoms with Crippen LogP contribution in [0.2, 0.25) is 0 Å². The number of rotatable bonds is 3. The first kappa shape index (κ1) is 24.1. The average Bonchev–Trinajstić information content (AvgIpc) is 2.32. The number of piperazine rings is 1. The van der Waals surface area contributed by atoms with Gasteiger partial charge in [0.05, 0.1) is 0 Å². The van der Waals surface area contributed by atoms with Crippen LogP contribution in [0, 0.1) is 0 Å². The maximum Gasteiger partial charge on any atom is 0.128 e. The smallest absolute Gasteiger partial charge is 0.128 e. The normalized spacial score (nSPS) is 14.3. The van der Waals surface area contributed by atoms with E-state index in [4.69, 9.17) is 5.73 Å². The molecule has 1 aromatic heterocycles. The minimum absolute atomic E-state index is 0. The highest BCUT2D eigenvalue weighted by Crippen LogP contribution is 2.11. The lowest BCUT2D eigenvalue weighted by atomic mass is 10.3. The highest BCUT2D eigenvalue weighted by molar-refractivity contribution is 5.86. The minimum Gasteiger partial charge on any atom is -0.354 e. The van der Waals surface area contributed by atoms with Crippen molar-refractivity contribution in [2.45, 2.75) is 0 Å². The Hall–Kier alpha value is 0.0300. The first-order valence-electron chi connectivity index (χ1n) is 5.48. The third-order valence-corrected chi connectivity index (χ3v) is 2.79. The Kier molecular flexibility index (Phi) is 16.5. The van der Waals surface area contributed by atoms with Crippen LogP contribution in [0.5, 0.6) is 0 Å². The molecule has 114 valence electrons. The Labute approximate surface area is 139 Å². The number of pyridine rings is 1. The van der Waals surface area contributed by atoms with Crippen LogP contribution in [0.15, 0.2) is 24.4 Å². The van der Waals surface area contributed by atoms with Crippen molar-refractivity contribution in [2.24, 2.45) is 5.73 Å². The fourth-order valence-electron chi connectivity index (χ4n) is 1.92. The largest absolute Gasteiger partial charge is 0.354 e. The van der Waals surface area contributed by atoms with Gasteiger partial charge in [-0.15, -0.1) is 49.6 Å². The third kappa shape index (κ3) is 7.40. The van der Waals surface area contributed by atoms with E-state index in [0.29, 0.717) is 0 Å². The van der Waals surface area contributed by atoms with Crippen LogP contribution < -0.4 is 10.6 Å². The summed E-state index contributed by atoms with van der Waals surface area (Å²) in [4.78, 5) is 9.08. The zero-order valence-corrected chi connectivity index (χ0v) is 13.9. The summed E-state index contributed by atoms with van der Waals surface area (Å²) in [7, 11) is 0. The number of anilines is 1. The van der Waals surface area contributed by atoms with E-state index in [1.165, 1.54) is 0 Å². The summed E-state index contributed by atoms with van der Waals surface area (Å²) >= 11 is 0. The summed E-state index contributed by atoms with van der Waals surface area (Å²) in [6.45, 7) is 6.05. The minimum atomic E-state index is 0. The van der Waals surface area contributed by atoms with Gasteiger partial charge in [-0.25, -0.2) is 4.98 Å². The predicted octanol–water partition coefficient (Wildman–Crippen LogP) is 1.85. The van der Waals surface area contributed by atoms with Gasteiger partial charge in [0, 0.05) is 45.5 Å². The van der Waals surface area contributed by atoms with E-state index in [0.717, 1.165) is 45.1 Å². The maximum absolute atomic E-state index is 5.54. The van der Waals surface area contributed by atoms with Crippen LogP contribution in [-0.2, 0) is 0 Å². The van der Waals surface area contributed by atoms with E-state index in [9.17, 15) is 0 Å². The van der Waals surface area contributed by atoms with Gasteiger partial charge in [-0.05, 0) is 12.1 Å². The molecule has 2 rings (SSSR count). The van der Waals surface area contributed by atoms with Gasteiger partial charge in [-0.2, -0.15) is 0 Å². The Balaban J connectivity index is -0.000000640. The van der Waals surface area contributed by atoms with Crippen LogP contribution in [0.4, 0.5) is 5.82 Å². The van der Waals surface area contributed by atoms with Crippen molar-refractivity contribution in [1.29, 1.82) is 0 Å². The van der Waals surface area contributed by atoms with Gasteiger partial charge in [0.1, 0.15) is 5.82 Å². The molecule has 0 aliphatic carbocycles. The lowest BCUT2D eigenvalue weighted by Gasteiger charge is -2.35. The molecule has 0 spiro atoms. The molecular formula is C11H22Cl4N4. The molecule has 0 radical (unpaired) electrons. The lowest BCUT2D eigenvalue weighted by molar-refractivity contribution is 0.264. The molecular weight excluding hydrogens is 330 g/mol. The van der Waals surface area contributed by atoms with Crippen molar-refractivity contribution >= 4 is 55.4 Å². The number of nitrogens with zero attached hydrogens (tertiary/aromatic N) is 3. The molecule has 0 unspecified atom stereocenters. The number of hydrogen-bond donors (Lipinski definition) is 1. The Bertz CT molecular complexity index is 294. The predicted molar refractivity (Wildman–Crippen MR) is 90.9 cm³/mol. The summed E-state index contributed by atoms with van der Waals surface area (Å²) in [5.41, 5.74) is 5.54. The summed E-state index contributed by atoms with van der Waals surface area (Å²) in [6.07, 6.45) is 1.85. The molecule has 0 amide bonds. The zero-order chi connectivity index (χ0) is 10.5. The van der Waals surface area contributed by atoms with Crippen molar-refractivity contribution in [3.8, 4) is 0 Å². The molecule has 2 heterocycles.